The minimum Gasteiger partial charge on any atom is -0.497 e. The van der Waals surface area contributed by atoms with E-state index in [0.29, 0.717) is 11.4 Å². The molecule has 0 saturated carbocycles. The van der Waals surface area contributed by atoms with E-state index in [0.717, 1.165) is 0 Å². The van der Waals surface area contributed by atoms with Crippen molar-refractivity contribution in [2.45, 2.75) is 0 Å². The molecule has 0 spiro atoms. The molecule has 5 nitrogen and oxygen atoms in total. The van der Waals surface area contributed by atoms with Crippen LogP contribution in [-0.4, -0.2) is 18.0 Å². The summed E-state index contributed by atoms with van der Waals surface area (Å²) in [6, 6.07) is 6.93. The molecule has 1 aromatic rings. The van der Waals surface area contributed by atoms with Crippen molar-refractivity contribution in [3.05, 3.63) is 24.3 Å². The van der Waals surface area contributed by atoms with Crippen LogP contribution < -0.4 is 21.3 Å². The molecular weight excluding hydrogens is 214 g/mol. The van der Waals surface area contributed by atoms with Gasteiger partial charge in [0.2, 0.25) is 0 Å². The number of methoxy groups -OCH3 is 1. The lowest BCUT2D eigenvalue weighted by atomic mass is 10.3. The third kappa shape index (κ3) is 3.19. The average Bonchev–Trinajstić information content (AvgIpc) is 2.28. The number of benzene rings is 1. The monoisotopic (exact) mass is 225 g/mol. The van der Waals surface area contributed by atoms with Crippen LogP contribution in [0.5, 0.6) is 5.75 Å². The molecule has 0 atom stereocenters. The van der Waals surface area contributed by atoms with Gasteiger partial charge >= 0.3 is 0 Å². The molecule has 0 aliphatic carbocycles. The molecule has 0 unspecified atom stereocenters. The molecule has 0 fully saturated rings. The van der Waals surface area contributed by atoms with Gasteiger partial charge in [-0.3, -0.25) is 4.79 Å². The molecule has 15 heavy (non-hydrogen) atoms. The molecule has 0 aromatic heterocycles. The lowest BCUT2D eigenvalue weighted by molar-refractivity contribution is -0.110. The highest BCUT2D eigenvalue weighted by Crippen LogP contribution is 2.16. The predicted octanol–water partition coefficient (Wildman–Crippen LogP) is 0.424. The number of ether oxygens (including phenoxy) is 1. The Morgan fingerprint density at radius 1 is 1.53 bits per heavy atom. The maximum Gasteiger partial charge on any atom is 0.284 e. The van der Waals surface area contributed by atoms with Gasteiger partial charge in [-0.2, -0.15) is 0 Å². The first kappa shape index (κ1) is 11.4. The summed E-state index contributed by atoms with van der Waals surface area (Å²) in [7, 11) is 1.55. The van der Waals surface area contributed by atoms with Crippen LogP contribution in [0.15, 0.2) is 24.3 Å². The van der Waals surface area contributed by atoms with E-state index in [1.807, 2.05) is 0 Å². The van der Waals surface area contributed by atoms with Gasteiger partial charge in [-0.05, 0) is 12.1 Å². The van der Waals surface area contributed by atoms with Gasteiger partial charge in [-0.1, -0.05) is 18.3 Å². The first-order chi connectivity index (χ1) is 7.17. The Bertz CT molecular complexity index is 381. The Morgan fingerprint density at radius 3 is 2.87 bits per heavy atom. The standard InChI is InChI=1S/C9H11N3O2S/c1-14-7-4-2-3-6(5-7)11-8(13)9(15)12-10/h2-5H,10H2,1H3,(H,11,13)(H,12,15). The minimum absolute atomic E-state index is 0.0715. The molecule has 6 heteroatoms. The number of anilines is 1. The van der Waals surface area contributed by atoms with Gasteiger partial charge in [0, 0.05) is 11.8 Å². The van der Waals surface area contributed by atoms with Crippen LogP contribution in [0.3, 0.4) is 0 Å². The average molecular weight is 225 g/mol. The summed E-state index contributed by atoms with van der Waals surface area (Å²) < 4.78 is 5.00. The molecule has 0 aliphatic heterocycles. The number of amides is 1. The zero-order valence-corrected chi connectivity index (χ0v) is 8.93. The van der Waals surface area contributed by atoms with Crippen LogP contribution in [0.4, 0.5) is 5.69 Å². The highest BCUT2D eigenvalue weighted by molar-refractivity contribution is 7.82. The smallest absolute Gasteiger partial charge is 0.284 e. The Kier molecular flexibility index (Phi) is 4.02. The molecule has 1 rings (SSSR count). The van der Waals surface area contributed by atoms with Crippen molar-refractivity contribution >= 4 is 28.8 Å². The van der Waals surface area contributed by atoms with E-state index >= 15 is 0 Å². The lowest BCUT2D eigenvalue weighted by Crippen LogP contribution is -2.38. The second-order valence-electron chi connectivity index (χ2n) is 2.66. The zero-order chi connectivity index (χ0) is 11.3. The maximum atomic E-state index is 11.3. The van der Waals surface area contributed by atoms with E-state index in [2.05, 4.69) is 23.0 Å². The lowest BCUT2D eigenvalue weighted by Gasteiger charge is -2.06. The molecule has 0 heterocycles. The van der Waals surface area contributed by atoms with E-state index in [-0.39, 0.29) is 4.99 Å². The Morgan fingerprint density at radius 2 is 2.27 bits per heavy atom. The Hall–Kier alpha value is -1.66. The van der Waals surface area contributed by atoms with Gasteiger partial charge in [-0.15, -0.1) is 0 Å². The second-order valence-corrected chi connectivity index (χ2v) is 3.07. The van der Waals surface area contributed by atoms with Crippen LogP contribution >= 0.6 is 12.2 Å². The molecule has 0 aliphatic rings. The van der Waals surface area contributed by atoms with E-state index < -0.39 is 5.91 Å². The maximum absolute atomic E-state index is 11.3. The van der Waals surface area contributed by atoms with Crippen molar-refractivity contribution in [3.8, 4) is 5.75 Å². The minimum atomic E-state index is -0.458. The summed E-state index contributed by atoms with van der Waals surface area (Å²) in [5, 5.41) is 2.56. The zero-order valence-electron chi connectivity index (χ0n) is 8.11. The number of hydrogen-bond acceptors (Lipinski definition) is 4. The fourth-order valence-corrected chi connectivity index (χ4v) is 1.01. The first-order valence-corrected chi connectivity index (χ1v) is 4.54. The molecule has 1 amide bonds. The molecule has 0 radical (unpaired) electrons. The molecule has 80 valence electrons. The summed E-state index contributed by atoms with van der Waals surface area (Å²) in [5.74, 6) is 5.20. The third-order valence-electron chi connectivity index (χ3n) is 1.66. The summed E-state index contributed by atoms with van der Waals surface area (Å²) in [5.41, 5.74) is 2.70. The number of nitrogens with one attached hydrogen (secondary N) is 2. The van der Waals surface area contributed by atoms with Gasteiger partial charge in [0.15, 0.2) is 4.99 Å². The number of hydrogen-bond donors (Lipinski definition) is 3. The Balaban J connectivity index is 2.72. The first-order valence-electron chi connectivity index (χ1n) is 4.13. The van der Waals surface area contributed by atoms with Gasteiger partial charge in [0.1, 0.15) is 5.75 Å². The summed E-state index contributed by atoms with van der Waals surface area (Å²) in [4.78, 5) is 11.2. The number of hydrazine groups is 1. The normalized spacial score (nSPS) is 9.20. The highest BCUT2D eigenvalue weighted by Gasteiger charge is 2.07. The van der Waals surface area contributed by atoms with Crippen molar-refractivity contribution in [1.29, 1.82) is 0 Å². The van der Waals surface area contributed by atoms with Gasteiger partial charge in [-0.25, -0.2) is 5.84 Å². The van der Waals surface area contributed by atoms with Gasteiger partial charge in [0.05, 0.1) is 7.11 Å². The van der Waals surface area contributed by atoms with E-state index in [1.54, 1.807) is 31.4 Å². The van der Waals surface area contributed by atoms with Crippen LogP contribution in [0.25, 0.3) is 0 Å². The summed E-state index contributed by atoms with van der Waals surface area (Å²) >= 11 is 4.66. The molecule has 0 saturated heterocycles. The highest BCUT2D eigenvalue weighted by atomic mass is 32.1. The van der Waals surface area contributed by atoms with Gasteiger partial charge in [0.25, 0.3) is 5.91 Å². The van der Waals surface area contributed by atoms with E-state index in [1.165, 1.54) is 0 Å². The third-order valence-corrected chi connectivity index (χ3v) is 1.97. The SMILES string of the molecule is COc1cccc(NC(=O)C(=S)NN)c1. The van der Waals surface area contributed by atoms with Crippen LogP contribution in [-0.2, 0) is 4.79 Å². The number of nitrogens with two attached hydrogens (primary N) is 1. The van der Waals surface area contributed by atoms with E-state index in [9.17, 15) is 4.79 Å². The van der Waals surface area contributed by atoms with Crippen molar-refractivity contribution in [2.75, 3.05) is 12.4 Å². The fourth-order valence-electron chi connectivity index (χ4n) is 0.954. The number of carbonyl (C=O) groups excluding carboxylic acids is 1. The van der Waals surface area contributed by atoms with Gasteiger partial charge < -0.3 is 15.5 Å². The van der Waals surface area contributed by atoms with Crippen molar-refractivity contribution < 1.29 is 9.53 Å². The van der Waals surface area contributed by atoms with Crippen molar-refractivity contribution in [3.63, 3.8) is 0 Å². The van der Waals surface area contributed by atoms with Crippen LogP contribution in [0, 0.1) is 0 Å². The molecular formula is C9H11N3O2S. The number of rotatable bonds is 2. The quantitative estimate of drug-likeness (QED) is 0.386. The van der Waals surface area contributed by atoms with Crippen LogP contribution in [0.1, 0.15) is 0 Å². The topological polar surface area (TPSA) is 76.4 Å². The molecule has 0 bridgehead atoms. The molecule has 1 aromatic carbocycles. The predicted molar refractivity (Wildman–Crippen MR) is 61.5 cm³/mol. The summed E-state index contributed by atoms with van der Waals surface area (Å²) in [6.07, 6.45) is 0. The summed E-state index contributed by atoms with van der Waals surface area (Å²) in [6.45, 7) is 0. The van der Waals surface area contributed by atoms with Crippen molar-refractivity contribution in [2.24, 2.45) is 5.84 Å². The van der Waals surface area contributed by atoms with Crippen molar-refractivity contribution in [1.82, 2.24) is 5.43 Å². The van der Waals surface area contributed by atoms with Crippen LogP contribution in [0.2, 0.25) is 0 Å². The number of thiocarbonyl (C=S) groups is 1. The Labute approximate surface area is 92.6 Å². The largest absolute Gasteiger partial charge is 0.497 e. The van der Waals surface area contributed by atoms with E-state index in [4.69, 9.17) is 10.6 Å². The second kappa shape index (κ2) is 5.28. The fraction of sp³-hybridized carbons (Fsp3) is 0.111. The number of carbonyl (C=O) groups is 1. The molecule has 4 N–H and O–H groups in total.